The molecule has 3 aromatic rings. The number of carbonyl (C=O) groups excluding carboxylic acids is 1. The van der Waals surface area contributed by atoms with E-state index in [9.17, 15) is 23.2 Å². The predicted octanol–water partition coefficient (Wildman–Crippen LogP) is 5.85. The summed E-state index contributed by atoms with van der Waals surface area (Å²) in [6.07, 6.45) is -0.612. The van der Waals surface area contributed by atoms with Crippen molar-refractivity contribution in [1.29, 1.82) is 5.26 Å². The number of anilines is 1. The molecule has 2 fully saturated rings. The predicted molar refractivity (Wildman–Crippen MR) is 139 cm³/mol. The fourth-order valence-corrected chi connectivity index (χ4v) is 6.13. The molecule has 6 nitrogen and oxygen atoms in total. The first-order chi connectivity index (χ1) is 18.2. The lowest BCUT2D eigenvalue weighted by molar-refractivity contribution is -0.139. The van der Waals surface area contributed by atoms with Gasteiger partial charge in [0.25, 0.3) is 5.91 Å². The second-order valence-electron chi connectivity index (χ2n) is 9.48. The summed E-state index contributed by atoms with van der Waals surface area (Å²) in [6, 6.07) is 15.0. The van der Waals surface area contributed by atoms with E-state index >= 15 is 0 Å². The number of rotatable bonds is 7. The van der Waals surface area contributed by atoms with E-state index in [0.717, 1.165) is 24.5 Å². The van der Waals surface area contributed by atoms with Crippen molar-refractivity contribution in [2.75, 3.05) is 24.5 Å². The minimum absolute atomic E-state index is 0.0742. The number of alkyl halides is 3. The highest BCUT2D eigenvalue weighted by Crippen LogP contribution is 2.48. The van der Waals surface area contributed by atoms with Crippen LogP contribution in [0.1, 0.15) is 46.6 Å². The number of hydrogen-bond donors (Lipinski definition) is 1. The summed E-state index contributed by atoms with van der Waals surface area (Å²) in [5, 5.41) is 12.8. The van der Waals surface area contributed by atoms with Crippen molar-refractivity contribution < 1.29 is 18.0 Å². The number of hydrogen-bond acceptors (Lipinski definition) is 6. The monoisotopic (exact) mass is 557 g/mol. The van der Waals surface area contributed by atoms with Crippen molar-refractivity contribution in [3.63, 3.8) is 0 Å². The number of carbonyl (C=O) groups is 1. The SMILES string of the molecule is N#Cc1ncc(C(=O)NCC2(c3ccc(Cl)cc3)CC2)c(N2CCC(Sc3ccccc3C(F)(F)F)C2)n1. The standard InChI is InChI=1S/C27H23ClF3N5OS/c28-18-7-5-17(6-8-18)26(10-11-26)16-34-25(37)20-14-33-23(13-32)35-24(20)36-12-9-19(15-36)38-22-4-2-1-3-21(22)27(29,30)31/h1-8,14,19H,9-12,15-16H2,(H,34,37). The highest BCUT2D eigenvalue weighted by Gasteiger charge is 2.44. The Kier molecular flexibility index (Phi) is 7.25. The lowest BCUT2D eigenvalue weighted by Gasteiger charge is -2.22. The molecule has 2 aliphatic rings. The highest BCUT2D eigenvalue weighted by molar-refractivity contribution is 8.00. The molecule has 2 heterocycles. The molecule has 11 heteroatoms. The molecule has 1 saturated heterocycles. The van der Waals surface area contributed by atoms with E-state index in [1.165, 1.54) is 30.1 Å². The van der Waals surface area contributed by atoms with Crippen LogP contribution in [0.25, 0.3) is 0 Å². The normalized spacial score (nSPS) is 18.2. The number of thioether (sulfide) groups is 1. The third-order valence-electron chi connectivity index (χ3n) is 6.94. The van der Waals surface area contributed by atoms with E-state index < -0.39 is 11.7 Å². The molecule has 1 aliphatic carbocycles. The van der Waals surface area contributed by atoms with Gasteiger partial charge in [-0.15, -0.1) is 11.8 Å². The third kappa shape index (κ3) is 5.59. The summed E-state index contributed by atoms with van der Waals surface area (Å²) < 4.78 is 40.4. The Morgan fingerprint density at radius 3 is 2.63 bits per heavy atom. The van der Waals surface area contributed by atoms with Gasteiger partial charge in [0.2, 0.25) is 5.82 Å². The number of benzene rings is 2. The molecule has 0 bridgehead atoms. The second-order valence-corrected chi connectivity index (χ2v) is 11.3. The van der Waals surface area contributed by atoms with Gasteiger partial charge in [-0.2, -0.15) is 18.4 Å². The summed E-state index contributed by atoms with van der Waals surface area (Å²) >= 11 is 7.18. The first-order valence-corrected chi connectivity index (χ1v) is 13.3. The van der Waals surface area contributed by atoms with Crippen molar-refractivity contribution in [2.24, 2.45) is 0 Å². The molecule has 196 valence electrons. The molecule has 38 heavy (non-hydrogen) atoms. The van der Waals surface area contributed by atoms with Crippen LogP contribution in [0.5, 0.6) is 0 Å². The molecule has 1 aliphatic heterocycles. The van der Waals surface area contributed by atoms with Crippen LogP contribution in [0, 0.1) is 11.3 Å². The molecule has 2 aromatic carbocycles. The molecule has 0 spiro atoms. The molecule has 1 aromatic heterocycles. The summed E-state index contributed by atoms with van der Waals surface area (Å²) in [5.41, 5.74) is 0.538. The van der Waals surface area contributed by atoms with Crippen LogP contribution in [-0.2, 0) is 11.6 Å². The van der Waals surface area contributed by atoms with E-state index in [1.54, 1.807) is 6.07 Å². The largest absolute Gasteiger partial charge is 0.417 e. The Labute approximate surface area is 227 Å². The molecule has 5 rings (SSSR count). The minimum atomic E-state index is -4.44. The summed E-state index contributed by atoms with van der Waals surface area (Å²) in [7, 11) is 0. The van der Waals surface area contributed by atoms with E-state index in [2.05, 4.69) is 15.3 Å². The van der Waals surface area contributed by atoms with Gasteiger partial charge in [0, 0.05) is 46.4 Å². The van der Waals surface area contributed by atoms with Crippen molar-refractivity contribution in [1.82, 2.24) is 15.3 Å². The molecule has 1 N–H and O–H groups in total. The Morgan fingerprint density at radius 1 is 1.21 bits per heavy atom. The molecule has 1 unspecified atom stereocenters. The number of nitriles is 1. The highest BCUT2D eigenvalue weighted by atomic mass is 35.5. The minimum Gasteiger partial charge on any atom is -0.355 e. The summed E-state index contributed by atoms with van der Waals surface area (Å²) in [5.74, 6) is -0.115. The van der Waals surface area contributed by atoms with E-state index in [1.807, 2.05) is 35.2 Å². The molecule has 1 atom stereocenters. The Hall–Kier alpha value is -3.29. The van der Waals surface area contributed by atoms with Crippen LogP contribution in [0.3, 0.4) is 0 Å². The summed E-state index contributed by atoms with van der Waals surface area (Å²) in [4.78, 5) is 23.6. The number of halogens is 4. The van der Waals surface area contributed by atoms with Gasteiger partial charge in [-0.3, -0.25) is 4.79 Å². The molecular formula is C27H23ClF3N5OS. The zero-order valence-electron chi connectivity index (χ0n) is 20.1. The van der Waals surface area contributed by atoms with Crippen molar-refractivity contribution >= 4 is 35.1 Å². The number of amides is 1. The van der Waals surface area contributed by atoms with Gasteiger partial charge in [-0.05, 0) is 49.1 Å². The number of nitrogens with one attached hydrogen (secondary N) is 1. The van der Waals surface area contributed by atoms with Crippen molar-refractivity contribution in [2.45, 2.75) is 41.0 Å². The van der Waals surface area contributed by atoms with Crippen LogP contribution in [0.15, 0.2) is 59.6 Å². The fourth-order valence-electron chi connectivity index (χ4n) is 4.69. The first-order valence-electron chi connectivity index (χ1n) is 12.1. The molecular weight excluding hydrogens is 535 g/mol. The second kappa shape index (κ2) is 10.5. The van der Waals surface area contributed by atoms with Gasteiger partial charge in [0.1, 0.15) is 17.5 Å². The van der Waals surface area contributed by atoms with Gasteiger partial charge in [0.15, 0.2) is 0 Å². The molecule has 0 radical (unpaired) electrons. The van der Waals surface area contributed by atoms with Gasteiger partial charge >= 0.3 is 6.18 Å². The van der Waals surface area contributed by atoms with Gasteiger partial charge in [0.05, 0.1) is 5.56 Å². The van der Waals surface area contributed by atoms with Crippen LogP contribution in [0.4, 0.5) is 19.0 Å². The Bertz CT molecular complexity index is 1390. The van der Waals surface area contributed by atoms with Crippen LogP contribution < -0.4 is 10.2 Å². The zero-order valence-corrected chi connectivity index (χ0v) is 21.7. The van der Waals surface area contributed by atoms with Crippen LogP contribution in [0.2, 0.25) is 5.02 Å². The zero-order chi connectivity index (χ0) is 26.9. The molecule has 1 saturated carbocycles. The van der Waals surface area contributed by atoms with Crippen molar-refractivity contribution in [3.8, 4) is 6.07 Å². The van der Waals surface area contributed by atoms with E-state index in [4.69, 9.17) is 11.6 Å². The van der Waals surface area contributed by atoms with Gasteiger partial charge < -0.3 is 10.2 Å². The number of aromatic nitrogens is 2. The summed E-state index contributed by atoms with van der Waals surface area (Å²) in [6.45, 7) is 1.30. The Balaban J connectivity index is 1.31. The van der Waals surface area contributed by atoms with Gasteiger partial charge in [-0.25, -0.2) is 9.97 Å². The topological polar surface area (TPSA) is 81.9 Å². The van der Waals surface area contributed by atoms with Crippen molar-refractivity contribution in [3.05, 3.63) is 82.3 Å². The smallest absolute Gasteiger partial charge is 0.355 e. The lowest BCUT2D eigenvalue weighted by Crippen LogP contribution is -2.34. The Morgan fingerprint density at radius 2 is 1.95 bits per heavy atom. The lowest BCUT2D eigenvalue weighted by atomic mass is 9.96. The van der Waals surface area contributed by atoms with Crippen LogP contribution in [-0.4, -0.2) is 40.8 Å². The first kappa shape index (κ1) is 26.3. The maximum Gasteiger partial charge on any atom is 0.417 e. The van der Waals surface area contributed by atoms with Crippen LogP contribution >= 0.6 is 23.4 Å². The number of nitrogens with zero attached hydrogens (tertiary/aromatic N) is 4. The fraction of sp³-hybridized carbons (Fsp3) is 0.333. The molecule has 1 amide bonds. The third-order valence-corrected chi connectivity index (χ3v) is 8.52. The maximum atomic E-state index is 13.5. The van der Waals surface area contributed by atoms with Gasteiger partial charge in [-0.1, -0.05) is 35.9 Å². The average molecular weight is 558 g/mol. The van der Waals surface area contributed by atoms with E-state index in [-0.39, 0.29) is 32.9 Å². The van der Waals surface area contributed by atoms with E-state index in [0.29, 0.717) is 36.9 Å². The average Bonchev–Trinajstić information content (AvgIpc) is 3.56. The maximum absolute atomic E-state index is 13.5. The quantitative estimate of drug-likeness (QED) is 0.392.